The van der Waals surface area contributed by atoms with Crippen molar-refractivity contribution in [2.75, 3.05) is 39.8 Å². The van der Waals surface area contributed by atoms with Crippen LogP contribution in [0.25, 0.3) is 0 Å². The second-order valence-corrected chi connectivity index (χ2v) is 8.82. The fraction of sp³-hybridized carbons (Fsp3) is 0.560. The van der Waals surface area contributed by atoms with E-state index in [9.17, 15) is 0 Å². The number of aliphatic imine (C=N–C) groups is 1. The van der Waals surface area contributed by atoms with E-state index in [2.05, 4.69) is 58.3 Å². The summed E-state index contributed by atoms with van der Waals surface area (Å²) in [5, 5.41) is 3.53. The molecule has 1 aromatic carbocycles. The van der Waals surface area contributed by atoms with E-state index in [1.807, 2.05) is 12.1 Å². The zero-order valence-corrected chi connectivity index (χ0v) is 21.8. The van der Waals surface area contributed by atoms with Crippen LogP contribution < -0.4 is 5.32 Å². The molecular weight excluding hydrogens is 513 g/mol. The summed E-state index contributed by atoms with van der Waals surface area (Å²) in [5.41, 5.74) is 2.62. The van der Waals surface area contributed by atoms with Crippen molar-refractivity contribution in [2.24, 2.45) is 4.99 Å². The fourth-order valence-corrected chi connectivity index (χ4v) is 4.81. The minimum atomic E-state index is 0. The predicted octanol–water partition coefficient (Wildman–Crippen LogP) is 4.17. The Morgan fingerprint density at radius 2 is 1.88 bits per heavy atom. The monoisotopic (exact) mass is 551 g/mol. The first-order valence-electron chi connectivity index (χ1n) is 11.8. The molecule has 176 valence electrons. The lowest BCUT2D eigenvalue weighted by molar-refractivity contribution is 0.249. The zero-order chi connectivity index (χ0) is 21.5. The molecule has 2 saturated heterocycles. The van der Waals surface area contributed by atoms with E-state index in [0.29, 0.717) is 12.6 Å². The molecule has 2 aromatic rings. The van der Waals surface area contributed by atoms with Crippen LogP contribution in [0.2, 0.25) is 0 Å². The van der Waals surface area contributed by atoms with Crippen LogP contribution in [0, 0.1) is 0 Å². The number of benzene rings is 1. The van der Waals surface area contributed by atoms with Gasteiger partial charge in [0.05, 0.1) is 19.4 Å². The molecule has 0 spiro atoms. The van der Waals surface area contributed by atoms with Gasteiger partial charge in [0.2, 0.25) is 0 Å². The summed E-state index contributed by atoms with van der Waals surface area (Å²) in [7, 11) is 2.13. The molecule has 2 aliphatic heterocycles. The number of nitrogens with zero attached hydrogens (tertiary/aromatic N) is 4. The molecule has 6 nitrogen and oxygen atoms in total. The molecule has 3 heterocycles. The second kappa shape index (κ2) is 12.6. The Labute approximate surface area is 210 Å². The van der Waals surface area contributed by atoms with Crippen molar-refractivity contribution >= 4 is 29.9 Å². The maximum absolute atomic E-state index is 5.50. The molecule has 0 saturated carbocycles. The molecular formula is C25H38IN5O. The van der Waals surface area contributed by atoms with Crippen molar-refractivity contribution in [1.29, 1.82) is 0 Å². The highest BCUT2D eigenvalue weighted by Gasteiger charge is 2.30. The number of hydrogen-bond acceptors (Lipinski definition) is 4. The lowest BCUT2D eigenvalue weighted by atomic mass is 10.1. The summed E-state index contributed by atoms with van der Waals surface area (Å²) in [6, 6.07) is 13.3. The lowest BCUT2D eigenvalue weighted by Gasteiger charge is -2.25. The topological polar surface area (TPSA) is 47.3 Å². The van der Waals surface area contributed by atoms with Crippen LogP contribution in [0.15, 0.2) is 52.1 Å². The van der Waals surface area contributed by atoms with Crippen molar-refractivity contribution in [3.05, 3.63) is 59.5 Å². The highest BCUT2D eigenvalue weighted by Crippen LogP contribution is 2.21. The standard InChI is InChI=1S/C25H37N5O.HI/c1-3-26-25(30-15-12-23(19-30)29-13-6-7-14-29)27-17-21-9-4-5-10-22(21)18-28(2)20-24-11-8-16-31-24;/h4-5,8-11,16,23H,3,6-7,12-15,17-20H2,1-2H3,(H,26,27);1H. The molecule has 1 aromatic heterocycles. The molecule has 7 heteroatoms. The molecule has 32 heavy (non-hydrogen) atoms. The average molecular weight is 552 g/mol. The highest BCUT2D eigenvalue weighted by molar-refractivity contribution is 14.0. The summed E-state index contributed by atoms with van der Waals surface area (Å²) in [5.74, 6) is 2.05. The number of guanidine groups is 1. The summed E-state index contributed by atoms with van der Waals surface area (Å²) in [6.45, 7) is 10.2. The number of nitrogens with one attached hydrogen (secondary N) is 1. The third-order valence-corrected chi connectivity index (χ3v) is 6.42. The maximum Gasteiger partial charge on any atom is 0.194 e. The van der Waals surface area contributed by atoms with Gasteiger partial charge in [0.25, 0.3) is 0 Å². The van der Waals surface area contributed by atoms with Gasteiger partial charge in [0.1, 0.15) is 5.76 Å². The number of halogens is 1. The smallest absolute Gasteiger partial charge is 0.194 e. The minimum absolute atomic E-state index is 0. The van der Waals surface area contributed by atoms with Crippen LogP contribution in [0.1, 0.15) is 43.1 Å². The first-order valence-corrected chi connectivity index (χ1v) is 11.8. The Balaban J connectivity index is 0.00000289. The van der Waals surface area contributed by atoms with Gasteiger partial charge in [-0.1, -0.05) is 24.3 Å². The average Bonchev–Trinajstić information content (AvgIpc) is 3.54. The SMILES string of the molecule is CCNC(=NCc1ccccc1CN(C)Cc1ccco1)N1CCC(N2CCCC2)C1.I. The van der Waals surface area contributed by atoms with E-state index in [1.165, 1.54) is 43.5 Å². The van der Waals surface area contributed by atoms with E-state index < -0.39 is 0 Å². The third kappa shape index (κ3) is 6.71. The van der Waals surface area contributed by atoms with Gasteiger partial charge in [-0.15, -0.1) is 24.0 Å². The van der Waals surface area contributed by atoms with Gasteiger partial charge in [0, 0.05) is 32.2 Å². The third-order valence-electron chi connectivity index (χ3n) is 6.42. The van der Waals surface area contributed by atoms with Gasteiger partial charge in [-0.3, -0.25) is 9.80 Å². The zero-order valence-electron chi connectivity index (χ0n) is 19.5. The normalized spacial score (nSPS) is 19.5. The summed E-state index contributed by atoms with van der Waals surface area (Å²) >= 11 is 0. The van der Waals surface area contributed by atoms with Gasteiger partial charge >= 0.3 is 0 Å². The highest BCUT2D eigenvalue weighted by atomic mass is 127. The molecule has 1 unspecified atom stereocenters. The van der Waals surface area contributed by atoms with E-state index in [4.69, 9.17) is 9.41 Å². The van der Waals surface area contributed by atoms with Gasteiger partial charge in [-0.25, -0.2) is 4.99 Å². The molecule has 0 radical (unpaired) electrons. The summed E-state index contributed by atoms with van der Waals surface area (Å²) in [4.78, 5) is 12.5. The molecule has 1 N–H and O–H groups in total. The van der Waals surface area contributed by atoms with Crippen LogP contribution >= 0.6 is 24.0 Å². The van der Waals surface area contributed by atoms with Crippen LogP contribution in [0.3, 0.4) is 0 Å². The molecule has 0 amide bonds. The Bertz CT molecular complexity index is 835. The maximum atomic E-state index is 5.50. The molecule has 2 aliphatic rings. The van der Waals surface area contributed by atoms with Gasteiger partial charge in [-0.05, 0) is 69.6 Å². The molecule has 1 atom stereocenters. The van der Waals surface area contributed by atoms with Gasteiger partial charge in [0.15, 0.2) is 5.96 Å². The largest absolute Gasteiger partial charge is 0.468 e. The van der Waals surface area contributed by atoms with Crippen molar-refractivity contribution in [3.8, 4) is 0 Å². The summed E-state index contributed by atoms with van der Waals surface area (Å²) in [6.07, 6.45) is 5.70. The van der Waals surface area contributed by atoms with Crippen molar-refractivity contribution in [3.63, 3.8) is 0 Å². The first kappa shape index (κ1) is 25.1. The fourth-order valence-electron chi connectivity index (χ4n) is 4.81. The van der Waals surface area contributed by atoms with Crippen LogP contribution in [0.5, 0.6) is 0 Å². The Kier molecular flexibility index (Phi) is 9.87. The van der Waals surface area contributed by atoms with Crippen LogP contribution in [-0.2, 0) is 19.6 Å². The van der Waals surface area contributed by atoms with E-state index in [1.54, 1.807) is 6.26 Å². The summed E-state index contributed by atoms with van der Waals surface area (Å²) < 4.78 is 5.50. The second-order valence-electron chi connectivity index (χ2n) is 8.82. The molecule has 4 rings (SSSR count). The molecule has 0 bridgehead atoms. The molecule has 0 aliphatic carbocycles. The van der Waals surface area contributed by atoms with E-state index in [0.717, 1.165) is 44.4 Å². The number of hydrogen-bond donors (Lipinski definition) is 1. The lowest BCUT2D eigenvalue weighted by Crippen LogP contribution is -2.42. The number of rotatable bonds is 8. The van der Waals surface area contributed by atoms with Gasteiger partial charge < -0.3 is 14.6 Å². The molecule has 2 fully saturated rings. The minimum Gasteiger partial charge on any atom is -0.468 e. The quantitative estimate of drug-likeness (QED) is 0.303. The number of likely N-dealkylation sites (tertiary alicyclic amines) is 2. The Morgan fingerprint density at radius 3 is 2.59 bits per heavy atom. The van der Waals surface area contributed by atoms with Crippen molar-refractivity contribution < 1.29 is 4.42 Å². The first-order chi connectivity index (χ1) is 15.2. The predicted molar refractivity (Wildman–Crippen MR) is 141 cm³/mol. The van der Waals surface area contributed by atoms with Crippen LogP contribution in [-0.4, -0.2) is 66.5 Å². The van der Waals surface area contributed by atoms with E-state index in [-0.39, 0.29) is 24.0 Å². The van der Waals surface area contributed by atoms with Crippen molar-refractivity contribution in [2.45, 2.75) is 51.9 Å². The van der Waals surface area contributed by atoms with E-state index >= 15 is 0 Å². The van der Waals surface area contributed by atoms with Crippen LogP contribution in [0.4, 0.5) is 0 Å². The Morgan fingerprint density at radius 1 is 1.09 bits per heavy atom. The van der Waals surface area contributed by atoms with Gasteiger partial charge in [-0.2, -0.15) is 0 Å². The number of furan rings is 1. The Hall–Kier alpha value is -1.58. The van der Waals surface area contributed by atoms with Crippen molar-refractivity contribution in [1.82, 2.24) is 20.0 Å².